The van der Waals surface area contributed by atoms with Crippen molar-refractivity contribution in [2.24, 2.45) is 5.92 Å². The molecule has 1 unspecified atom stereocenters. The van der Waals surface area contributed by atoms with Gasteiger partial charge in [0.05, 0.1) is 0 Å². The zero-order valence-electron chi connectivity index (χ0n) is 13.1. The number of nitrogens with one attached hydrogen (secondary N) is 1. The predicted molar refractivity (Wildman–Crippen MR) is 82.9 cm³/mol. The van der Waals surface area contributed by atoms with Gasteiger partial charge in [-0.25, -0.2) is 0 Å². The Labute approximate surface area is 121 Å². The minimum absolute atomic E-state index is 0.0933. The second-order valence-electron chi connectivity index (χ2n) is 5.71. The number of nitrogens with two attached hydrogens (primary N) is 1. The summed E-state index contributed by atoms with van der Waals surface area (Å²) >= 11 is 0. The summed E-state index contributed by atoms with van der Waals surface area (Å²) in [5.41, 5.74) is 8.56. The van der Waals surface area contributed by atoms with Crippen molar-refractivity contribution in [1.82, 2.24) is 5.32 Å². The molecule has 1 aromatic carbocycles. The van der Waals surface area contributed by atoms with Crippen molar-refractivity contribution in [3.8, 4) is 5.75 Å². The Balaban J connectivity index is 2.59. The van der Waals surface area contributed by atoms with Crippen LogP contribution in [0.15, 0.2) is 12.1 Å². The van der Waals surface area contributed by atoms with Gasteiger partial charge in [0, 0.05) is 18.3 Å². The largest absolute Gasteiger partial charge is 0.481 e. The van der Waals surface area contributed by atoms with Crippen molar-refractivity contribution in [2.45, 2.75) is 47.1 Å². The lowest BCUT2D eigenvalue weighted by molar-refractivity contribution is -0.127. The fourth-order valence-corrected chi connectivity index (χ4v) is 1.85. The summed E-state index contributed by atoms with van der Waals surface area (Å²) in [5, 5.41) is 2.88. The number of hydrogen-bond acceptors (Lipinski definition) is 3. The van der Waals surface area contributed by atoms with Crippen LogP contribution in [0.25, 0.3) is 0 Å². The molecule has 1 amide bonds. The summed E-state index contributed by atoms with van der Waals surface area (Å²) in [4.78, 5) is 11.9. The maximum absolute atomic E-state index is 11.9. The average molecular weight is 278 g/mol. The van der Waals surface area contributed by atoms with Gasteiger partial charge in [-0.15, -0.1) is 0 Å². The molecule has 1 atom stereocenters. The molecule has 1 aromatic rings. The third-order valence-electron chi connectivity index (χ3n) is 3.26. The molecule has 0 spiro atoms. The molecule has 0 saturated heterocycles. The van der Waals surface area contributed by atoms with Gasteiger partial charge < -0.3 is 15.8 Å². The Bertz CT molecular complexity index is 470. The quantitative estimate of drug-likeness (QED) is 0.786. The molecule has 4 heteroatoms. The van der Waals surface area contributed by atoms with E-state index in [9.17, 15) is 4.79 Å². The van der Waals surface area contributed by atoms with Gasteiger partial charge in [0.15, 0.2) is 6.10 Å². The first kappa shape index (κ1) is 16.3. The van der Waals surface area contributed by atoms with Crippen LogP contribution >= 0.6 is 0 Å². The van der Waals surface area contributed by atoms with Crippen LogP contribution in [0.4, 0.5) is 5.69 Å². The van der Waals surface area contributed by atoms with Crippen molar-refractivity contribution < 1.29 is 9.53 Å². The number of carbonyl (C=O) groups excluding carboxylic acids is 1. The predicted octanol–water partition coefficient (Wildman–Crippen LogP) is 2.82. The summed E-state index contributed by atoms with van der Waals surface area (Å²) < 4.78 is 5.71. The molecule has 0 saturated carbocycles. The fourth-order valence-electron chi connectivity index (χ4n) is 1.85. The normalized spacial score (nSPS) is 12.3. The highest BCUT2D eigenvalue weighted by atomic mass is 16.5. The first-order valence-electron chi connectivity index (χ1n) is 7.12. The second-order valence-corrected chi connectivity index (χ2v) is 5.71. The van der Waals surface area contributed by atoms with Crippen LogP contribution in [-0.2, 0) is 4.79 Å². The molecule has 3 N–H and O–H groups in total. The minimum atomic E-state index is -0.525. The van der Waals surface area contributed by atoms with Crippen molar-refractivity contribution in [3.63, 3.8) is 0 Å². The monoisotopic (exact) mass is 278 g/mol. The van der Waals surface area contributed by atoms with E-state index < -0.39 is 6.10 Å². The van der Waals surface area contributed by atoms with Crippen LogP contribution in [-0.4, -0.2) is 18.6 Å². The summed E-state index contributed by atoms with van der Waals surface area (Å²) in [6.45, 7) is 10.6. The second kappa shape index (κ2) is 7.17. The number of ether oxygens (including phenoxy) is 1. The van der Waals surface area contributed by atoms with Gasteiger partial charge in [0.25, 0.3) is 5.91 Å². The van der Waals surface area contributed by atoms with E-state index in [0.717, 1.165) is 17.5 Å². The lowest BCUT2D eigenvalue weighted by Gasteiger charge is -2.17. The molecule has 1 rings (SSSR count). The van der Waals surface area contributed by atoms with Gasteiger partial charge in [-0.05, 0) is 44.2 Å². The molecule has 0 aliphatic heterocycles. The lowest BCUT2D eigenvalue weighted by Crippen LogP contribution is -2.37. The third kappa shape index (κ3) is 4.76. The SMILES string of the molecule is Cc1cc(C)c(OC(C)C(=O)NCCC(C)C)cc1N. The van der Waals surface area contributed by atoms with Crippen LogP contribution < -0.4 is 15.8 Å². The maximum atomic E-state index is 11.9. The van der Waals surface area contributed by atoms with Crippen LogP contribution in [0, 0.1) is 19.8 Å². The Kier molecular flexibility index (Phi) is 5.86. The summed E-state index contributed by atoms with van der Waals surface area (Å²) in [6, 6.07) is 3.75. The first-order valence-corrected chi connectivity index (χ1v) is 7.12. The van der Waals surface area contributed by atoms with Crippen molar-refractivity contribution in [2.75, 3.05) is 12.3 Å². The van der Waals surface area contributed by atoms with E-state index in [1.54, 1.807) is 13.0 Å². The van der Waals surface area contributed by atoms with Crippen LogP contribution in [0.5, 0.6) is 5.75 Å². The number of rotatable bonds is 6. The Morgan fingerprint density at radius 1 is 1.25 bits per heavy atom. The van der Waals surface area contributed by atoms with Gasteiger partial charge in [0.2, 0.25) is 0 Å². The van der Waals surface area contributed by atoms with E-state index >= 15 is 0 Å². The molecular formula is C16H26N2O2. The van der Waals surface area contributed by atoms with Crippen LogP contribution in [0.3, 0.4) is 0 Å². The highest BCUT2D eigenvalue weighted by Gasteiger charge is 2.15. The molecule has 0 aliphatic rings. The molecule has 0 heterocycles. The summed E-state index contributed by atoms with van der Waals surface area (Å²) in [5.74, 6) is 1.15. The molecule has 0 aliphatic carbocycles. The van der Waals surface area contributed by atoms with E-state index in [2.05, 4.69) is 19.2 Å². The zero-order chi connectivity index (χ0) is 15.3. The third-order valence-corrected chi connectivity index (χ3v) is 3.26. The highest BCUT2D eigenvalue weighted by Crippen LogP contribution is 2.25. The fraction of sp³-hybridized carbons (Fsp3) is 0.562. The van der Waals surface area contributed by atoms with Gasteiger partial charge in [0.1, 0.15) is 5.75 Å². The first-order chi connectivity index (χ1) is 9.31. The maximum Gasteiger partial charge on any atom is 0.260 e. The molecule has 0 fully saturated rings. The van der Waals surface area contributed by atoms with E-state index in [1.807, 2.05) is 19.9 Å². The van der Waals surface area contributed by atoms with Crippen molar-refractivity contribution in [1.29, 1.82) is 0 Å². The van der Waals surface area contributed by atoms with Crippen molar-refractivity contribution in [3.05, 3.63) is 23.3 Å². The average Bonchev–Trinajstić information content (AvgIpc) is 2.35. The van der Waals surface area contributed by atoms with E-state index in [1.165, 1.54) is 0 Å². The number of nitrogen functional groups attached to an aromatic ring is 1. The molecular weight excluding hydrogens is 252 g/mol. The molecule has 0 bridgehead atoms. The van der Waals surface area contributed by atoms with Gasteiger partial charge in [-0.1, -0.05) is 19.9 Å². The number of aryl methyl sites for hydroxylation is 2. The number of hydrogen-bond donors (Lipinski definition) is 2. The number of amides is 1. The highest BCUT2D eigenvalue weighted by molar-refractivity contribution is 5.80. The summed E-state index contributed by atoms with van der Waals surface area (Å²) in [6.07, 6.45) is 0.442. The standard InChI is InChI=1S/C16H26N2O2/c1-10(2)6-7-18-16(19)13(5)20-15-9-14(17)11(3)8-12(15)4/h8-10,13H,6-7,17H2,1-5H3,(H,18,19). The number of benzene rings is 1. The van der Waals surface area contributed by atoms with Gasteiger partial charge >= 0.3 is 0 Å². The van der Waals surface area contributed by atoms with Gasteiger partial charge in [-0.2, -0.15) is 0 Å². The molecule has 4 nitrogen and oxygen atoms in total. The number of carbonyl (C=O) groups is 1. The zero-order valence-corrected chi connectivity index (χ0v) is 13.1. The number of anilines is 1. The molecule has 112 valence electrons. The Morgan fingerprint density at radius 3 is 2.50 bits per heavy atom. The smallest absolute Gasteiger partial charge is 0.260 e. The summed E-state index contributed by atoms with van der Waals surface area (Å²) in [7, 11) is 0. The van der Waals surface area contributed by atoms with Gasteiger partial charge in [-0.3, -0.25) is 4.79 Å². The Morgan fingerprint density at radius 2 is 1.90 bits per heavy atom. The molecule has 0 aromatic heterocycles. The van der Waals surface area contributed by atoms with E-state index in [4.69, 9.17) is 10.5 Å². The van der Waals surface area contributed by atoms with Crippen LogP contribution in [0.1, 0.15) is 38.3 Å². The van der Waals surface area contributed by atoms with E-state index in [-0.39, 0.29) is 5.91 Å². The van der Waals surface area contributed by atoms with Crippen LogP contribution in [0.2, 0.25) is 0 Å². The topological polar surface area (TPSA) is 64.3 Å². The lowest BCUT2D eigenvalue weighted by atomic mass is 10.1. The molecule has 0 radical (unpaired) electrons. The molecule has 20 heavy (non-hydrogen) atoms. The Hall–Kier alpha value is -1.71. The minimum Gasteiger partial charge on any atom is -0.481 e. The van der Waals surface area contributed by atoms with E-state index in [0.29, 0.717) is 23.9 Å². The van der Waals surface area contributed by atoms with Crippen molar-refractivity contribution >= 4 is 11.6 Å².